The maximum absolute atomic E-state index is 12.2. The third kappa shape index (κ3) is 2.59. The fraction of sp³-hybridized carbons (Fsp3) is 0.467. The van der Waals surface area contributed by atoms with Crippen molar-refractivity contribution in [1.29, 1.82) is 0 Å². The monoisotopic (exact) mass is 276 g/mol. The topological polar surface area (TPSA) is 92.4 Å². The van der Waals surface area contributed by atoms with Crippen molar-refractivity contribution in [3.63, 3.8) is 0 Å². The summed E-state index contributed by atoms with van der Waals surface area (Å²) in [5.74, 6) is -0.635. The van der Waals surface area contributed by atoms with Crippen LogP contribution in [0.2, 0.25) is 0 Å². The van der Waals surface area contributed by atoms with Crippen LogP contribution in [0.3, 0.4) is 0 Å². The number of carbonyl (C=O) groups excluding carboxylic acids is 2. The van der Waals surface area contributed by atoms with E-state index in [1.54, 1.807) is 12.1 Å². The number of hydrogen-bond acceptors (Lipinski definition) is 4. The summed E-state index contributed by atoms with van der Waals surface area (Å²) in [6, 6.07) is 3.18. The first-order chi connectivity index (χ1) is 9.43. The van der Waals surface area contributed by atoms with Crippen LogP contribution in [0.4, 0.5) is 0 Å². The predicted molar refractivity (Wildman–Crippen MR) is 75.9 cm³/mol. The van der Waals surface area contributed by atoms with Gasteiger partial charge in [-0.15, -0.1) is 0 Å². The van der Waals surface area contributed by atoms with Gasteiger partial charge in [-0.2, -0.15) is 0 Å². The Bertz CT molecular complexity index is 546. The highest BCUT2D eigenvalue weighted by molar-refractivity contribution is 6.03. The van der Waals surface area contributed by atoms with Crippen molar-refractivity contribution in [3.05, 3.63) is 34.4 Å². The molecule has 1 aliphatic rings. The molecule has 0 saturated carbocycles. The lowest BCUT2D eigenvalue weighted by atomic mass is 9.84. The summed E-state index contributed by atoms with van der Waals surface area (Å²) in [5.41, 5.74) is 7.91. The van der Waals surface area contributed by atoms with Crippen LogP contribution in [0, 0.1) is 6.92 Å². The molecule has 20 heavy (non-hydrogen) atoms. The van der Waals surface area contributed by atoms with Crippen molar-refractivity contribution in [2.45, 2.75) is 32.3 Å². The van der Waals surface area contributed by atoms with Gasteiger partial charge < -0.3 is 16.2 Å². The largest absolute Gasteiger partial charge is 0.385 e. The molecule has 2 unspecified atom stereocenters. The number of nitrogens with two attached hydrogens (primary N) is 1. The zero-order valence-corrected chi connectivity index (χ0v) is 11.8. The van der Waals surface area contributed by atoms with Crippen molar-refractivity contribution in [3.8, 4) is 0 Å². The molecule has 1 fully saturated rings. The molecule has 1 aliphatic heterocycles. The average molecular weight is 276 g/mol. The molecule has 2 rings (SSSR count). The fourth-order valence-corrected chi connectivity index (χ4v) is 2.86. The van der Waals surface area contributed by atoms with Gasteiger partial charge in [-0.05, 0) is 49.9 Å². The third-order valence-corrected chi connectivity index (χ3v) is 3.89. The van der Waals surface area contributed by atoms with Crippen LogP contribution in [0.25, 0.3) is 0 Å². The molecule has 5 nitrogen and oxygen atoms in total. The van der Waals surface area contributed by atoms with Crippen LogP contribution in [0.5, 0.6) is 0 Å². The van der Waals surface area contributed by atoms with Crippen molar-refractivity contribution >= 4 is 11.7 Å². The van der Waals surface area contributed by atoms with E-state index in [1.165, 1.54) is 6.92 Å². The Kier molecular flexibility index (Phi) is 4.20. The number of ketones is 1. The summed E-state index contributed by atoms with van der Waals surface area (Å²) >= 11 is 0. The van der Waals surface area contributed by atoms with E-state index < -0.39 is 12.0 Å². The van der Waals surface area contributed by atoms with Gasteiger partial charge in [0.25, 0.3) is 0 Å². The Morgan fingerprint density at radius 1 is 1.40 bits per heavy atom. The third-order valence-electron chi connectivity index (χ3n) is 3.89. The van der Waals surface area contributed by atoms with Gasteiger partial charge in [0.1, 0.15) is 6.10 Å². The second kappa shape index (κ2) is 5.73. The molecule has 0 aromatic heterocycles. The van der Waals surface area contributed by atoms with E-state index in [2.05, 4.69) is 5.32 Å². The number of carbonyl (C=O) groups is 2. The van der Waals surface area contributed by atoms with Gasteiger partial charge in [0, 0.05) is 17.7 Å². The quantitative estimate of drug-likeness (QED) is 0.707. The second-order valence-electron chi connectivity index (χ2n) is 5.29. The number of nitrogens with one attached hydrogen (secondary N) is 1. The molecule has 1 saturated heterocycles. The first kappa shape index (κ1) is 14.7. The van der Waals surface area contributed by atoms with E-state index in [0.717, 1.165) is 30.6 Å². The lowest BCUT2D eigenvalue weighted by Gasteiger charge is -2.20. The number of rotatable bonds is 4. The van der Waals surface area contributed by atoms with Gasteiger partial charge in [0.15, 0.2) is 5.78 Å². The van der Waals surface area contributed by atoms with Gasteiger partial charge in [-0.1, -0.05) is 6.07 Å². The van der Waals surface area contributed by atoms with Gasteiger partial charge in [0.2, 0.25) is 5.91 Å². The molecule has 0 radical (unpaired) electrons. The minimum absolute atomic E-state index is 0.173. The van der Waals surface area contributed by atoms with Crippen LogP contribution in [-0.4, -0.2) is 36.0 Å². The van der Waals surface area contributed by atoms with Crippen LogP contribution in [-0.2, 0) is 0 Å². The zero-order chi connectivity index (χ0) is 14.9. The first-order valence-corrected chi connectivity index (χ1v) is 6.79. The van der Waals surface area contributed by atoms with Gasteiger partial charge in [-0.25, -0.2) is 0 Å². The fourth-order valence-electron chi connectivity index (χ4n) is 2.86. The lowest BCUT2D eigenvalue weighted by Crippen LogP contribution is -2.23. The number of Topliss-reactive ketones (excluding diaryl/α,β-unsaturated/α-hetero) is 1. The summed E-state index contributed by atoms with van der Waals surface area (Å²) in [6.07, 6.45) is -0.148. The average Bonchev–Trinajstić information content (AvgIpc) is 2.90. The summed E-state index contributed by atoms with van der Waals surface area (Å²) in [4.78, 5) is 23.6. The van der Waals surface area contributed by atoms with E-state index in [-0.39, 0.29) is 11.7 Å². The Morgan fingerprint density at radius 3 is 2.55 bits per heavy atom. The molecule has 2 atom stereocenters. The Hall–Kier alpha value is -1.72. The minimum Gasteiger partial charge on any atom is -0.385 e. The van der Waals surface area contributed by atoms with E-state index in [4.69, 9.17) is 5.73 Å². The first-order valence-electron chi connectivity index (χ1n) is 6.79. The number of hydrogen-bond donors (Lipinski definition) is 3. The highest BCUT2D eigenvalue weighted by Crippen LogP contribution is 2.31. The zero-order valence-electron chi connectivity index (χ0n) is 11.8. The summed E-state index contributed by atoms with van der Waals surface area (Å²) in [5, 5.41) is 12.8. The Balaban J connectivity index is 2.59. The lowest BCUT2D eigenvalue weighted by molar-refractivity contribution is 0.0777. The molecule has 108 valence electrons. The number of benzene rings is 1. The Labute approximate surface area is 118 Å². The minimum atomic E-state index is -1.05. The second-order valence-corrected chi connectivity index (χ2v) is 5.29. The predicted octanol–water partition coefficient (Wildman–Crippen LogP) is 0.734. The molecule has 1 amide bonds. The van der Waals surface area contributed by atoms with Crippen LogP contribution < -0.4 is 11.1 Å². The van der Waals surface area contributed by atoms with Crippen LogP contribution in [0.1, 0.15) is 51.1 Å². The SMILES string of the molecule is Cc1c(C(N)=O)ccc(C(=O)C(C)O)c1C1CCNC1. The summed E-state index contributed by atoms with van der Waals surface area (Å²) in [7, 11) is 0. The van der Waals surface area contributed by atoms with Gasteiger partial charge in [0.05, 0.1) is 0 Å². The maximum atomic E-state index is 12.2. The molecular formula is C15H20N2O3. The van der Waals surface area contributed by atoms with Crippen LogP contribution in [0.15, 0.2) is 12.1 Å². The number of aliphatic hydroxyl groups is 1. The van der Waals surface area contributed by atoms with Crippen molar-refractivity contribution in [2.24, 2.45) is 5.73 Å². The number of amides is 1. The molecule has 0 spiro atoms. The molecule has 5 heteroatoms. The van der Waals surface area contributed by atoms with Gasteiger partial charge in [-0.3, -0.25) is 9.59 Å². The normalized spacial score (nSPS) is 19.9. The summed E-state index contributed by atoms with van der Waals surface area (Å²) in [6.45, 7) is 4.92. The van der Waals surface area contributed by atoms with Crippen molar-refractivity contribution in [2.75, 3.05) is 13.1 Å². The van der Waals surface area contributed by atoms with Gasteiger partial charge >= 0.3 is 0 Å². The molecule has 1 aromatic rings. The van der Waals surface area contributed by atoms with E-state index >= 15 is 0 Å². The Morgan fingerprint density at radius 2 is 2.05 bits per heavy atom. The van der Waals surface area contributed by atoms with E-state index in [9.17, 15) is 14.7 Å². The highest BCUT2D eigenvalue weighted by atomic mass is 16.3. The molecular weight excluding hydrogens is 256 g/mol. The molecule has 0 aliphatic carbocycles. The highest BCUT2D eigenvalue weighted by Gasteiger charge is 2.27. The number of primary amides is 1. The maximum Gasteiger partial charge on any atom is 0.248 e. The number of aliphatic hydroxyl groups excluding tert-OH is 1. The van der Waals surface area contributed by atoms with Crippen LogP contribution >= 0.6 is 0 Å². The molecule has 1 heterocycles. The standard InChI is InChI=1S/C15H20N2O3/c1-8-11(15(16)20)3-4-12(14(19)9(2)18)13(8)10-5-6-17-7-10/h3-4,9-10,17-18H,5-7H2,1-2H3,(H2,16,20). The van der Waals surface area contributed by atoms with Crippen molar-refractivity contribution in [1.82, 2.24) is 5.32 Å². The smallest absolute Gasteiger partial charge is 0.248 e. The molecule has 1 aromatic carbocycles. The summed E-state index contributed by atoms with van der Waals surface area (Å²) < 4.78 is 0. The molecule has 0 bridgehead atoms. The van der Waals surface area contributed by atoms with E-state index in [0.29, 0.717) is 11.1 Å². The molecule has 4 N–H and O–H groups in total. The van der Waals surface area contributed by atoms with E-state index in [1.807, 2.05) is 6.92 Å². The van der Waals surface area contributed by atoms with Crippen molar-refractivity contribution < 1.29 is 14.7 Å².